The van der Waals surface area contributed by atoms with E-state index in [9.17, 15) is 8.42 Å². The lowest BCUT2D eigenvalue weighted by atomic mass is 10.1. The number of sulfone groups is 1. The van der Waals surface area contributed by atoms with E-state index in [0.29, 0.717) is 6.42 Å². The number of aryl methyl sites for hydroxylation is 2. The smallest absolute Gasteiger partial charge is 0.249 e. The van der Waals surface area contributed by atoms with Crippen molar-refractivity contribution in [3.63, 3.8) is 0 Å². The van der Waals surface area contributed by atoms with Crippen LogP contribution < -0.4 is 0 Å². The van der Waals surface area contributed by atoms with Gasteiger partial charge < -0.3 is 4.57 Å². The zero-order chi connectivity index (χ0) is 13.0. The molecule has 0 amide bonds. The number of hydrogen-bond donors (Lipinski definition) is 0. The van der Waals surface area contributed by atoms with Gasteiger partial charge in [-0.05, 0) is 18.4 Å². The van der Waals surface area contributed by atoms with Crippen LogP contribution in [0.1, 0.15) is 12.0 Å². The Kier molecular flexibility index (Phi) is 3.76. The molecule has 0 radical (unpaired) electrons. The molecule has 0 unspecified atom stereocenters. The third-order valence-electron chi connectivity index (χ3n) is 2.67. The van der Waals surface area contributed by atoms with Crippen LogP contribution in [0.2, 0.25) is 0 Å². The summed E-state index contributed by atoms with van der Waals surface area (Å²) in [7, 11) is -1.70. The van der Waals surface area contributed by atoms with Crippen LogP contribution in [0, 0.1) is 0 Å². The van der Waals surface area contributed by atoms with E-state index in [1.54, 1.807) is 7.05 Å². The minimum atomic E-state index is -3.33. The summed E-state index contributed by atoms with van der Waals surface area (Å²) >= 11 is 0. The van der Waals surface area contributed by atoms with Crippen LogP contribution in [0.5, 0.6) is 0 Å². The molecule has 0 saturated heterocycles. The van der Waals surface area contributed by atoms with E-state index in [1.807, 2.05) is 30.3 Å². The summed E-state index contributed by atoms with van der Waals surface area (Å²) in [6.45, 7) is 0. The molecule has 0 aliphatic carbocycles. The topological polar surface area (TPSA) is 64.8 Å². The van der Waals surface area contributed by atoms with Gasteiger partial charge in [0.1, 0.15) is 6.33 Å². The zero-order valence-corrected chi connectivity index (χ0v) is 11.0. The summed E-state index contributed by atoms with van der Waals surface area (Å²) in [5.41, 5.74) is 1.14. The van der Waals surface area contributed by atoms with Gasteiger partial charge in [-0.1, -0.05) is 30.3 Å². The predicted octanol–water partition coefficient (Wildman–Crippen LogP) is 1.22. The van der Waals surface area contributed by atoms with E-state index in [-0.39, 0.29) is 10.9 Å². The Hall–Kier alpha value is -1.69. The van der Waals surface area contributed by atoms with Crippen molar-refractivity contribution in [1.82, 2.24) is 14.8 Å². The first-order chi connectivity index (χ1) is 8.59. The molecule has 2 aromatic rings. The summed E-state index contributed by atoms with van der Waals surface area (Å²) < 4.78 is 25.4. The number of nitrogens with zero attached hydrogens (tertiary/aromatic N) is 3. The predicted molar refractivity (Wildman–Crippen MR) is 67.8 cm³/mol. The monoisotopic (exact) mass is 265 g/mol. The molecule has 1 heterocycles. The average Bonchev–Trinajstić information content (AvgIpc) is 2.77. The molecule has 0 saturated carbocycles. The first kappa shape index (κ1) is 12.8. The molecule has 2 rings (SSSR count). The molecule has 1 aromatic heterocycles. The Morgan fingerprint density at radius 1 is 1.22 bits per heavy atom. The van der Waals surface area contributed by atoms with E-state index in [0.717, 1.165) is 12.0 Å². The van der Waals surface area contributed by atoms with Crippen LogP contribution in [0.4, 0.5) is 0 Å². The van der Waals surface area contributed by atoms with Crippen LogP contribution >= 0.6 is 0 Å². The van der Waals surface area contributed by atoms with Gasteiger partial charge in [0.05, 0.1) is 5.75 Å². The SMILES string of the molecule is Cn1cnnc1S(=O)(=O)CCCc1ccccc1. The second kappa shape index (κ2) is 5.30. The minimum Gasteiger partial charge on any atom is -0.308 e. The molecule has 0 fully saturated rings. The minimum absolute atomic E-state index is 0.0376. The van der Waals surface area contributed by atoms with Crippen molar-refractivity contribution >= 4 is 9.84 Å². The summed E-state index contributed by atoms with van der Waals surface area (Å²) in [5, 5.41) is 7.26. The highest BCUT2D eigenvalue weighted by atomic mass is 32.2. The Labute approximate surface area is 106 Å². The number of hydrogen-bond acceptors (Lipinski definition) is 4. The van der Waals surface area contributed by atoms with E-state index in [1.165, 1.54) is 10.9 Å². The van der Waals surface area contributed by atoms with Crippen LogP contribution in [0.3, 0.4) is 0 Å². The van der Waals surface area contributed by atoms with Gasteiger partial charge in [-0.25, -0.2) is 8.42 Å². The highest BCUT2D eigenvalue weighted by molar-refractivity contribution is 7.91. The molecule has 0 aliphatic rings. The van der Waals surface area contributed by atoms with E-state index in [4.69, 9.17) is 0 Å². The molecule has 5 nitrogen and oxygen atoms in total. The second-order valence-corrected chi connectivity index (χ2v) is 6.14. The van der Waals surface area contributed by atoms with Crippen LogP contribution in [-0.4, -0.2) is 28.9 Å². The third kappa shape index (κ3) is 2.95. The van der Waals surface area contributed by atoms with Gasteiger partial charge in [0.25, 0.3) is 0 Å². The van der Waals surface area contributed by atoms with Crippen molar-refractivity contribution in [2.24, 2.45) is 7.05 Å². The second-order valence-electron chi connectivity index (χ2n) is 4.13. The summed E-state index contributed by atoms with van der Waals surface area (Å²) in [4.78, 5) is 0. The number of rotatable bonds is 5. The fraction of sp³-hybridized carbons (Fsp3) is 0.333. The van der Waals surface area contributed by atoms with Crippen LogP contribution in [0.25, 0.3) is 0 Å². The molecule has 0 N–H and O–H groups in total. The summed E-state index contributed by atoms with van der Waals surface area (Å²) in [5.74, 6) is 0.0917. The van der Waals surface area contributed by atoms with Crippen molar-refractivity contribution in [1.29, 1.82) is 0 Å². The van der Waals surface area contributed by atoms with Gasteiger partial charge in [-0.3, -0.25) is 0 Å². The van der Waals surface area contributed by atoms with Gasteiger partial charge in [-0.2, -0.15) is 0 Å². The van der Waals surface area contributed by atoms with Crippen molar-refractivity contribution in [2.75, 3.05) is 5.75 Å². The largest absolute Gasteiger partial charge is 0.308 e. The van der Waals surface area contributed by atoms with E-state index >= 15 is 0 Å². The van der Waals surface area contributed by atoms with Gasteiger partial charge in [-0.15, -0.1) is 10.2 Å². The molecular formula is C12H15N3O2S. The van der Waals surface area contributed by atoms with Crippen molar-refractivity contribution in [3.05, 3.63) is 42.2 Å². The molecule has 18 heavy (non-hydrogen) atoms. The highest BCUT2D eigenvalue weighted by Gasteiger charge is 2.19. The first-order valence-corrected chi connectivity index (χ1v) is 7.35. The van der Waals surface area contributed by atoms with Crippen molar-refractivity contribution in [2.45, 2.75) is 18.0 Å². The lowest BCUT2D eigenvalue weighted by molar-refractivity contribution is 0.575. The van der Waals surface area contributed by atoms with Crippen molar-refractivity contribution in [3.8, 4) is 0 Å². The molecular weight excluding hydrogens is 250 g/mol. The quantitative estimate of drug-likeness (QED) is 0.815. The summed E-state index contributed by atoms with van der Waals surface area (Å²) in [6, 6.07) is 9.84. The van der Waals surface area contributed by atoms with Gasteiger partial charge in [0, 0.05) is 7.05 Å². The van der Waals surface area contributed by atoms with Gasteiger partial charge in [0.15, 0.2) is 0 Å². The van der Waals surface area contributed by atoms with Crippen molar-refractivity contribution < 1.29 is 8.42 Å². The zero-order valence-electron chi connectivity index (χ0n) is 10.2. The Morgan fingerprint density at radius 2 is 1.94 bits per heavy atom. The average molecular weight is 265 g/mol. The molecule has 0 aliphatic heterocycles. The lowest BCUT2D eigenvalue weighted by Crippen LogP contribution is -2.13. The molecule has 0 spiro atoms. The maximum atomic E-state index is 12.0. The fourth-order valence-electron chi connectivity index (χ4n) is 1.76. The molecule has 0 bridgehead atoms. The third-order valence-corrected chi connectivity index (χ3v) is 4.42. The maximum Gasteiger partial charge on any atom is 0.249 e. The lowest BCUT2D eigenvalue weighted by Gasteiger charge is -2.03. The normalized spacial score (nSPS) is 11.6. The van der Waals surface area contributed by atoms with E-state index < -0.39 is 9.84 Å². The Balaban J connectivity index is 1.97. The van der Waals surface area contributed by atoms with Gasteiger partial charge in [0.2, 0.25) is 15.0 Å². The first-order valence-electron chi connectivity index (χ1n) is 5.70. The van der Waals surface area contributed by atoms with Crippen LogP contribution in [-0.2, 0) is 23.3 Å². The van der Waals surface area contributed by atoms with E-state index in [2.05, 4.69) is 10.2 Å². The molecule has 6 heteroatoms. The molecule has 96 valence electrons. The fourth-order valence-corrected chi connectivity index (χ4v) is 3.12. The maximum absolute atomic E-state index is 12.0. The highest BCUT2D eigenvalue weighted by Crippen LogP contribution is 2.09. The molecule has 0 atom stereocenters. The van der Waals surface area contributed by atoms with Gasteiger partial charge >= 0.3 is 0 Å². The Morgan fingerprint density at radius 3 is 2.56 bits per heavy atom. The summed E-state index contributed by atoms with van der Waals surface area (Å²) in [6.07, 6.45) is 2.72. The molecule has 1 aromatic carbocycles. The standard InChI is InChI=1S/C12H15N3O2S/c1-15-10-13-14-12(15)18(16,17)9-5-8-11-6-3-2-4-7-11/h2-4,6-7,10H,5,8-9H2,1H3. The number of aromatic nitrogens is 3. The van der Waals surface area contributed by atoms with Crippen LogP contribution in [0.15, 0.2) is 41.8 Å². The Bertz CT molecular complexity index is 605. The number of benzene rings is 1.